The Balaban J connectivity index is 1.56. The molecule has 6 nitrogen and oxygen atoms in total. The Hall–Kier alpha value is -3.50. The number of aliphatic hydroxyl groups excluding tert-OH is 1. The van der Waals surface area contributed by atoms with Crippen LogP contribution in [0.1, 0.15) is 16.7 Å². The summed E-state index contributed by atoms with van der Waals surface area (Å²) in [5.74, 6) is -1.09. The molecule has 10 heteroatoms. The van der Waals surface area contributed by atoms with Gasteiger partial charge in [-0.2, -0.15) is 13.2 Å². The van der Waals surface area contributed by atoms with E-state index in [1.54, 1.807) is 38.2 Å². The molecule has 0 amide bonds. The maximum absolute atomic E-state index is 13.9. The highest BCUT2D eigenvalue weighted by molar-refractivity contribution is 5.68. The number of nitro benzene ring substituents is 1. The molecule has 1 unspecified atom stereocenters. The fraction of sp³-hybridized carbons (Fsp3) is 0.280. The maximum atomic E-state index is 13.9. The zero-order chi connectivity index (χ0) is 25.8. The van der Waals surface area contributed by atoms with Crippen molar-refractivity contribution in [2.24, 2.45) is 0 Å². The van der Waals surface area contributed by atoms with Gasteiger partial charge in [0.15, 0.2) is 11.6 Å². The Kier molecular flexibility index (Phi) is 8.08. The van der Waals surface area contributed by atoms with E-state index in [4.69, 9.17) is 4.74 Å². The first-order valence-electron chi connectivity index (χ1n) is 10.6. The fourth-order valence-corrected chi connectivity index (χ4v) is 3.59. The average Bonchev–Trinajstić information content (AvgIpc) is 2.78. The molecule has 0 aliphatic carbocycles. The Bertz CT molecular complexity index is 1180. The predicted molar refractivity (Wildman–Crippen MR) is 123 cm³/mol. The van der Waals surface area contributed by atoms with Gasteiger partial charge in [-0.25, -0.2) is 4.39 Å². The highest BCUT2D eigenvalue weighted by Gasteiger charge is 2.30. The number of rotatable bonds is 9. The summed E-state index contributed by atoms with van der Waals surface area (Å²) in [5, 5.41) is 20.9. The monoisotopic (exact) mass is 492 g/mol. The van der Waals surface area contributed by atoms with Crippen LogP contribution >= 0.6 is 0 Å². The summed E-state index contributed by atoms with van der Waals surface area (Å²) < 4.78 is 58.3. The molecule has 1 N–H and O–H groups in total. The van der Waals surface area contributed by atoms with Gasteiger partial charge in [-0.3, -0.25) is 15.0 Å². The normalized spacial score (nSPS) is 12.6. The molecule has 3 aromatic rings. The summed E-state index contributed by atoms with van der Waals surface area (Å²) in [6, 6.07) is 13.8. The second-order valence-corrected chi connectivity index (χ2v) is 8.26. The van der Waals surface area contributed by atoms with Crippen molar-refractivity contribution in [1.82, 2.24) is 4.90 Å². The van der Waals surface area contributed by atoms with Crippen LogP contribution in [-0.4, -0.2) is 41.2 Å². The summed E-state index contributed by atoms with van der Waals surface area (Å²) >= 11 is 0. The van der Waals surface area contributed by atoms with Gasteiger partial charge in [0.25, 0.3) is 5.69 Å². The lowest BCUT2D eigenvalue weighted by Gasteiger charge is -2.21. The van der Waals surface area contributed by atoms with E-state index in [2.05, 4.69) is 0 Å². The molecule has 0 spiro atoms. The number of nitrogens with zero attached hydrogens (tertiary/aromatic N) is 2. The standard InChI is InChI=1S/C25H24F4N2O4/c1-16-3-8-19(25(27,28)29)11-22(16)18-6-4-17(5-7-18)13-30(2)14-21(32)15-35-24-10-9-20(31(33)34)12-23(24)26/h3-12,21,32H,13-15H2,1-2H3. The Labute approximate surface area is 199 Å². The summed E-state index contributed by atoms with van der Waals surface area (Å²) in [6.07, 6.45) is -5.37. The van der Waals surface area contributed by atoms with Crippen LogP contribution < -0.4 is 4.74 Å². The van der Waals surface area contributed by atoms with E-state index in [0.717, 1.165) is 41.5 Å². The van der Waals surface area contributed by atoms with Gasteiger partial charge in [-0.1, -0.05) is 30.3 Å². The van der Waals surface area contributed by atoms with E-state index >= 15 is 0 Å². The highest BCUT2D eigenvalue weighted by Crippen LogP contribution is 2.34. The molecule has 0 fully saturated rings. The van der Waals surface area contributed by atoms with Gasteiger partial charge >= 0.3 is 6.18 Å². The summed E-state index contributed by atoms with van der Waals surface area (Å²) in [7, 11) is 1.76. The van der Waals surface area contributed by atoms with Crippen molar-refractivity contribution in [3.63, 3.8) is 0 Å². The molecule has 3 rings (SSSR count). The Morgan fingerprint density at radius 3 is 2.37 bits per heavy atom. The zero-order valence-corrected chi connectivity index (χ0v) is 19.1. The first-order chi connectivity index (χ1) is 16.4. The molecule has 186 valence electrons. The molecule has 0 radical (unpaired) electrons. The van der Waals surface area contributed by atoms with Crippen molar-refractivity contribution >= 4 is 5.69 Å². The minimum Gasteiger partial charge on any atom is -0.488 e. The van der Waals surface area contributed by atoms with Crippen LogP contribution in [0, 0.1) is 22.9 Å². The van der Waals surface area contributed by atoms with E-state index in [1.165, 1.54) is 6.07 Å². The SMILES string of the molecule is Cc1ccc(C(F)(F)F)cc1-c1ccc(CN(C)CC(O)COc2ccc([N+](=O)[O-])cc2F)cc1. The van der Waals surface area contributed by atoms with Crippen LogP contribution in [0.2, 0.25) is 0 Å². The van der Waals surface area contributed by atoms with Crippen LogP contribution in [0.15, 0.2) is 60.7 Å². The highest BCUT2D eigenvalue weighted by atomic mass is 19.4. The number of benzene rings is 3. The van der Waals surface area contributed by atoms with E-state index in [1.807, 2.05) is 4.90 Å². The molecular weight excluding hydrogens is 468 g/mol. The first-order valence-corrected chi connectivity index (χ1v) is 10.6. The van der Waals surface area contributed by atoms with Crippen molar-refractivity contribution in [2.45, 2.75) is 25.7 Å². The summed E-state index contributed by atoms with van der Waals surface area (Å²) in [5.41, 5.74) is 1.69. The van der Waals surface area contributed by atoms with Crippen molar-refractivity contribution < 1.29 is 32.3 Å². The van der Waals surface area contributed by atoms with Gasteiger partial charge in [-0.05, 0) is 54.4 Å². The molecular formula is C25H24F4N2O4. The number of nitro groups is 1. The molecule has 0 saturated carbocycles. The number of ether oxygens (including phenoxy) is 1. The number of alkyl halides is 3. The van der Waals surface area contributed by atoms with Gasteiger partial charge in [0, 0.05) is 19.2 Å². The lowest BCUT2D eigenvalue weighted by atomic mass is 9.97. The minimum absolute atomic E-state index is 0.197. The fourth-order valence-electron chi connectivity index (χ4n) is 3.59. The number of aryl methyl sites for hydroxylation is 1. The lowest BCUT2D eigenvalue weighted by molar-refractivity contribution is -0.385. The minimum atomic E-state index is -4.42. The molecule has 0 aliphatic rings. The van der Waals surface area contributed by atoms with E-state index in [-0.39, 0.29) is 18.9 Å². The molecule has 1 atom stereocenters. The summed E-state index contributed by atoms with van der Waals surface area (Å²) in [6.45, 7) is 2.18. The molecule has 35 heavy (non-hydrogen) atoms. The van der Waals surface area contributed by atoms with Crippen molar-refractivity contribution in [3.05, 3.63) is 93.3 Å². The van der Waals surface area contributed by atoms with E-state index in [0.29, 0.717) is 17.7 Å². The zero-order valence-electron chi connectivity index (χ0n) is 19.1. The molecule has 0 bridgehead atoms. The molecule has 0 aromatic heterocycles. The number of non-ortho nitro benzene ring substituents is 1. The van der Waals surface area contributed by atoms with Crippen molar-refractivity contribution in [3.8, 4) is 16.9 Å². The molecule has 0 heterocycles. The van der Waals surface area contributed by atoms with Crippen molar-refractivity contribution in [1.29, 1.82) is 0 Å². The average molecular weight is 492 g/mol. The van der Waals surface area contributed by atoms with Crippen LogP contribution in [0.25, 0.3) is 11.1 Å². The van der Waals surface area contributed by atoms with Crippen LogP contribution in [0.4, 0.5) is 23.2 Å². The van der Waals surface area contributed by atoms with Crippen LogP contribution in [0.5, 0.6) is 5.75 Å². The number of likely N-dealkylation sites (N-methyl/N-ethyl adjacent to an activating group) is 1. The third-order valence-electron chi connectivity index (χ3n) is 5.36. The number of aliphatic hydroxyl groups is 1. The summed E-state index contributed by atoms with van der Waals surface area (Å²) in [4.78, 5) is 11.8. The number of halogens is 4. The number of hydrogen-bond acceptors (Lipinski definition) is 5. The number of hydrogen-bond donors (Lipinski definition) is 1. The van der Waals surface area contributed by atoms with Gasteiger partial charge in [0.1, 0.15) is 12.7 Å². The van der Waals surface area contributed by atoms with Crippen molar-refractivity contribution in [2.75, 3.05) is 20.2 Å². The van der Waals surface area contributed by atoms with Gasteiger partial charge in [0.2, 0.25) is 0 Å². The third kappa shape index (κ3) is 7.00. The van der Waals surface area contributed by atoms with Gasteiger partial charge in [0.05, 0.1) is 16.6 Å². The van der Waals surface area contributed by atoms with E-state index in [9.17, 15) is 32.8 Å². The second-order valence-electron chi connectivity index (χ2n) is 8.26. The first kappa shape index (κ1) is 26.1. The maximum Gasteiger partial charge on any atom is 0.416 e. The van der Waals surface area contributed by atoms with Gasteiger partial charge < -0.3 is 9.84 Å². The molecule has 0 aliphatic heterocycles. The Morgan fingerprint density at radius 2 is 1.77 bits per heavy atom. The second kappa shape index (κ2) is 10.8. The topological polar surface area (TPSA) is 75.8 Å². The van der Waals surface area contributed by atoms with E-state index < -0.39 is 34.3 Å². The molecule has 3 aromatic carbocycles. The molecule has 0 saturated heterocycles. The third-order valence-corrected chi connectivity index (χ3v) is 5.36. The van der Waals surface area contributed by atoms with Crippen LogP contribution in [-0.2, 0) is 12.7 Å². The predicted octanol–water partition coefficient (Wildman–Crippen LogP) is 5.60. The Morgan fingerprint density at radius 1 is 1.09 bits per heavy atom. The van der Waals surface area contributed by atoms with Gasteiger partial charge in [-0.15, -0.1) is 0 Å². The lowest BCUT2D eigenvalue weighted by Crippen LogP contribution is -2.32. The largest absolute Gasteiger partial charge is 0.488 e. The smallest absolute Gasteiger partial charge is 0.416 e. The quantitative estimate of drug-likeness (QED) is 0.239. The van der Waals surface area contributed by atoms with Crippen LogP contribution in [0.3, 0.4) is 0 Å².